The lowest BCUT2D eigenvalue weighted by Crippen LogP contribution is -2.52. The van der Waals surface area contributed by atoms with Crippen molar-refractivity contribution < 1.29 is 4.74 Å². The summed E-state index contributed by atoms with van der Waals surface area (Å²) < 4.78 is 6.00. The van der Waals surface area contributed by atoms with E-state index < -0.39 is 0 Å². The van der Waals surface area contributed by atoms with Crippen molar-refractivity contribution in [3.05, 3.63) is 10.9 Å². The maximum atomic E-state index is 6.00. The van der Waals surface area contributed by atoms with Gasteiger partial charge in [-0.3, -0.25) is 0 Å². The molecular formula is C15H22N4OS. The zero-order chi connectivity index (χ0) is 15.2. The molecule has 1 fully saturated rings. The SMILES string of the molecule is CNc1nc(N2CC(C)OC(C)(C)C2)c2cc(C)sc2n1. The number of thiophene rings is 1. The van der Waals surface area contributed by atoms with Crippen LogP contribution in [0.4, 0.5) is 11.8 Å². The van der Waals surface area contributed by atoms with Crippen LogP contribution in [0.2, 0.25) is 0 Å². The van der Waals surface area contributed by atoms with Crippen LogP contribution in [0.1, 0.15) is 25.6 Å². The van der Waals surface area contributed by atoms with Gasteiger partial charge in [0.05, 0.1) is 17.1 Å². The number of hydrogen-bond donors (Lipinski definition) is 1. The number of fused-ring (bicyclic) bond motifs is 1. The van der Waals surface area contributed by atoms with Crippen molar-refractivity contribution in [1.82, 2.24) is 9.97 Å². The molecule has 3 rings (SSSR count). The first-order valence-corrected chi connectivity index (χ1v) is 8.08. The van der Waals surface area contributed by atoms with Gasteiger partial charge in [0.15, 0.2) is 0 Å². The van der Waals surface area contributed by atoms with Gasteiger partial charge in [-0.25, -0.2) is 4.98 Å². The summed E-state index contributed by atoms with van der Waals surface area (Å²) in [6, 6.07) is 2.18. The van der Waals surface area contributed by atoms with Crippen molar-refractivity contribution in [3.63, 3.8) is 0 Å². The fraction of sp³-hybridized carbons (Fsp3) is 0.600. The van der Waals surface area contributed by atoms with E-state index in [1.54, 1.807) is 11.3 Å². The number of anilines is 2. The van der Waals surface area contributed by atoms with Crippen LogP contribution < -0.4 is 10.2 Å². The molecule has 6 heteroatoms. The van der Waals surface area contributed by atoms with E-state index in [1.807, 2.05) is 7.05 Å². The van der Waals surface area contributed by atoms with Crippen LogP contribution in [-0.2, 0) is 4.74 Å². The molecule has 1 atom stereocenters. The van der Waals surface area contributed by atoms with E-state index in [0.29, 0.717) is 5.95 Å². The van der Waals surface area contributed by atoms with Gasteiger partial charge < -0.3 is 15.0 Å². The third kappa shape index (κ3) is 2.82. The van der Waals surface area contributed by atoms with Crippen molar-refractivity contribution in [2.24, 2.45) is 0 Å². The van der Waals surface area contributed by atoms with E-state index >= 15 is 0 Å². The van der Waals surface area contributed by atoms with Crippen molar-refractivity contribution in [2.75, 3.05) is 30.4 Å². The number of ether oxygens (including phenoxy) is 1. The Bertz CT molecular complexity index is 667. The highest BCUT2D eigenvalue weighted by molar-refractivity contribution is 7.18. The van der Waals surface area contributed by atoms with Crippen LogP contribution in [-0.4, -0.2) is 41.8 Å². The minimum Gasteiger partial charge on any atom is -0.369 e. The van der Waals surface area contributed by atoms with Gasteiger partial charge in [-0.05, 0) is 33.8 Å². The zero-order valence-corrected chi connectivity index (χ0v) is 14.0. The predicted molar refractivity (Wildman–Crippen MR) is 88.5 cm³/mol. The molecule has 5 nitrogen and oxygen atoms in total. The van der Waals surface area contributed by atoms with Crippen molar-refractivity contribution in [2.45, 2.75) is 39.4 Å². The number of hydrogen-bond acceptors (Lipinski definition) is 6. The lowest BCUT2D eigenvalue weighted by atomic mass is 10.1. The highest BCUT2D eigenvalue weighted by Crippen LogP contribution is 2.34. The van der Waals surface area contributed by atoms with E-state index in [0.717, 1.165) is 29.1 Å². The number of nitrogens with one attached hydrogen (secondary N) is 1. The number of rotatable bonds is 2. The van der Waals surface area contributed by atoms with Gasteiger partial charge in [-0.2, -0.15) is 4.98 Å². The number of nitrogens with zero attached hydrogens (tertiary/aromatic N) is 3. The molecule has 0 aliphatic carbocycles. The number of aryl methyl sites for hydroxylation is 1. The second kappa shape index (κ2) is 5.10. The Balaban J connectivity index is 2.09. The Morgan fingerprint density at radius 1 is 1.43 bits per heavy atom. The predicted octanol–water partition coefficient (Wildman–Crippen LogP) is 3.05. The maximum absolute atomic E-state index is 6.00. The van der Waals surface area contributed by atoms with Crippen LogP contribution in [0.5, 0.6) is 0 Å². The average Bonchev–Trinajstić information content (AvgIpc) is 2.74. The van der Waals surface area contributed by atoms with E-state index in [4.69, 9.17) is 9.72 Å². The summed E-state index contributed by atoms with van der Waals surface area (Å²) in [5, 5.41) is 4.21. The minimum atomic E-state index is -0.167. The molecule has 2 aromatic rings. The minimum absolute atomic E-state index is 0.167. The van der Waals surface area contributed by atoms with Gasteiger partial charge in [0.25, 0.3) is 0 Å². The Morgan fingerprint density at radius 3 is 2.86 bits per heavy atom. The van der Waals surface area contributed by atoms with Gasteiger partial charge in [-0.1, -0.05) is 0 Å². The lowest BCUT2D eigenvalue weighted by Gasteiger charge is -2.42. The molecule has 3 heterocycles. The van der Waals surface area contributed by atoms with E-state index in [9.17, 15) is 0 Å². The highest BCUT2D eigenvalue weighted by atomic mass is 32.1. The topological polar surface area (TPSA) is 50.3 Å². The van der Waals surface area contributed by atoms with Gasteiger partial charge in [-0.15, -0.1) is 11.3 Å². The molecule has 0 radical (unpaired) electrons. The largest absolute Gasteiger partial charge is 0.369 e. The van der Waals surface area contributed by atoms with Crippen LogP contribution in [0.25, 0.3) is 10.2 Å². The molecule has 0 aromatic carbocycles. The van der Waals surface area contributed by atoms with Crippen LogP contribution in [0.15, 0.2) is 6.07 Å². The van der Waals surface area contributed by atoms with Crippen LogP contribution in [0.3, 0.4) is 0 Å². The smallest absolute Gasteiger partial charge is 0.225 e. The summed E-state index contributed by atoms with van der Waals surface area (Å²) in [4.78, 5) is 13.9. The lowest BCUT2D eigenvalue weighted by molar-refractivity contribution is -0.0750. The Kier molecular flexibility index (Phi) is 3.53. The fourth-order valence-electron chi connectivity index (χ4n) is 2.99. The molecule has 2 aromatic heterocycles. The second-order valence-electron chi connectivity index (χ2n) is 6.27. The standard InChI is InChI=1S/C15H22N4OS/c1-9-7-19(8-15(3,4)20-9)12-11-6-10(2)21-13(11)18-14(16-5)17-12/h6,9H,7-8H2,1-5H3,(H,16,17,18). The molecule has 0 bridgehead atoms. The summed E-state index contributed by atoms with van der Waals surface area (Å²) >= 11 is 1.71. The maximum Gasteiger partial charge on any atom is 0.225 e. The fourth-order valence-corrected chi connectivity index (χ4v) is 3.87. The first-order chi connectivity index (χ1) is 9.88. The number of morpholine rings is 1. The Labute approximate surface area is 129 Å². The van der Waals surface area contributed by atoms with Gasteiger partial charge in [0.1, 0.15) is 10.6 Å². The third-order valence-electron chi connectivity index (χ3n) is 3.59. The molecule has 21 heavy (non-hydrogen) atoms. The quantitative estimate of drug-likeness (QED) is 0.924. The van der Waals surface area contributed by atoms with Gasteiger partial charge >= 0.3 is 0 Å². The molecule has 0 saturated carbocycles. The molecule has 1 unspecified atom stereocenters. The van der Waals surface area contributed by atoms with Crippen LogP contribution >= 0.6 is 11.3 Å². The third-order valence-corrected chi connectivity index (χ3v) is 4.53. The van der Waals surface area contributed by atoms with Gasteiger partial charge in [0.2, 0.25) is 5.95 Å². The Morgan fingerprint density at radius 2 is 2.19 bits per heavy atom. The average molecular weight is 306 g/mol. The molecule has 1 saturated heterocycles. The molecule has 1 aliphatic rings. The van der Waals surface area contributed by atoms with Gasteiger partial charge in [0, 0.05) is 25.0 Å². The van der Waals surface area contributed by atoms with Crippen molar-refractivity contribution >= 4 is 33.3 Å². The van der Waals surface area contributed by atoms with E-state index in [1.165, 1.54) is 4.88 Å². The van der Waals surface area contributed by atoms with Crippen molar-refractivity contribution in [1.29, 1.82) is 0 Å². The van der Waals surface area contributed by atoms with Crippen molar-refractivity contribution in [3.8, 4) is 0 Å². The molecule has 0 amide bonds. The summed E-state index contributed by atoms with van der Waals surface area (Å²) in [5.74, 6) is 1.69. The monoisotopic (exact) mass is 306 g/mol. The van der Waals surface area contributed by atoms with Crippen LogP contribution in [0, 0.1) is 6.92 Å². The second-order valence-corrected chi connectivity index (χ2v) is 7.50. The molecule has 114 valence electrons. The summed E-state index contributed by atoms with van der Waals surface area (Å²) in [5.41, 5.74) is -0.167. The number of aromatic nitrogens is 2. The van der Waals surface area contributed by atoms with E-state index in [2.05, 4.69) is 49.0 Å². The first-order valence-electron chi connectivity index (χ1n) is 7.27. The first kappa shape index (κ1) is 14.5. The highest BCUT2D eigenvalue weighted by Gasteiger charge is 2.33. The molecular weight excluding hydrogens is 284 g/mol. The molecule has 0 spiro atoms. The summed E-state index contributed by atoms with van der Waals surface area (Å²) in [6.45, 7) is 10.2. The molecule has 1 N–H and O–H groups in total. The van der Waals surface area contributed by atoms with E-state index in [-0.39, 0.29) is 11.7 Å². The normalized spacial score (nSPS) is 21.8. The Hall–Kier alpha value is -1.40. The zero-order valence-electron chi connectivity index (χ0n) is 13.2. The molecule has 1 aliphatic heterocycles. The summed E-state index contributed by atoms with van der Waals surface area (Å²) in [6.07, 6.45) is 0.191. The summed E-state index contributed by atoms with van der Waals surface area (Å²) in [7, 11) is 1.86.